The van der Waals surface area contributed by atoms with Crippen LogP contribution in [0.25, 0.3) is 0 Å². The summed E-state index contributed by atoms with van der Waals surface area (Å²) in [4.78, 5) is 32.5. The summed E-state index contributed by atoms with van der Waals surface area (Å²) in [7, 11) is 0. The second kappa shape index (κ2) is 10.5. The van der Waals surface area contributed by atoms with Crippen molar-refractivity contribution >= 4 is 17.9 Å². The van der Waals surface area contributed by atoms with Crippen molar-refractivity contribution in [1.29, 1.82) is 0 Å². The molecule has 19 heavy (non-hydrogen) atoms. The average molecular weight is 272 g/mol. The Kier molecular flexibility index (Phi) is 9.70. The Hall–Kier alpha value is -1.43. The fourth-order valence-electron chi connectivity index (χ4n) is 1.42. The highest BCUT2D eigenvalue weighted by Gasteiger charge is 2.21. The minimum atomic E-state index is -0.238. The average Bonchev–Trinajstić information content (AvgIpc) is 2.39. The van der Waals surface area contributed by atoms with Crippen LogP contribution in [0.4, 0.5) is 0 Å². The summed E-state index contributed by atoms with van der Waals surface area (Å²) in [5, 5.41) is 3.58. The highest BCUT2D eigenvalue weighted by atomic mass is 16.8. The lowest BCUT2D eigenvalue weighted by Crippen LogP contribution is -2.32. The SMILES string of the molecule is CC/C=N/OCONC(=O)C(CC)CC(C)C(C)=O. The first kappa shape index (κ1) is 17.6. The van der Waals surface area contributed by atoms with E-state index in [1.807, 2.05) is 20.8 Å². The van der Waals surface area contributed by atoms with Gasteiger partial charge < -0.3 is 4.84 Å². The summed E-state index contributed by atoms with van der Waals surface area (Å²) < 4.78 is 0. The van der Waals surface area contributed by atoms with Crippen molar-refractivity contribution < 1.29 is 19.3 Å². The molecule has 0 aliphatic rings. The van der Waals surface area contributed by atoms with Crippen LogP contribution >= 0.6 is 0 Å². The van der Waals surface area contributed by atoms with Gasteiger partial charge in [-0.1, -0.05) is 25.9 Å². The van der Waals surface area contributed by atoms with E-state index in [0.29, 0.717) is 12.8 Å². The first-order chi connectivity index (χ1) is 9.02. The van der Waals surface area contributed by atoms with Crippen molar-refractivity contribution in [3.05, 3.63) is 0 Å². The van der Waals surface area contributed by atoms with Crippen molar-refractivity contribution in [2.24, 2.45) is 17.0 Å². The number of hydroxylamine groups is 1. The molecule has 0 aromatic heterocycles. The zero-order valence-corrected chi connectivity index (χ0v) is 12.1. The summed E-state index contributed by atoms with van der Waals surface area (Å²) in [6.07, 6.45) is 3.54. The van der Waals surface area contributed by atoms with Gasteiger partial charge in [-0.15, -0.1) is 0 Å². The lowest BCUT2D eigenvalue weighted by molar-refractivity contribution is -0.152. The summed E-state index contributed by atoms with van der Waals surface area (Å²) in [6.45, 7) is 7.05. The molecular weight excluding hydrogens is 248 g/mol. The molecule has 6 nitrogen and oxygen atoms in total. The smallest absolute Gasteiger partial charge is 0.246 e. The monoisotopic (exact) mass is 272 g/mol. The molecule has 110 valence electrons. The number of rotatable bonds is 10. The third kappa shape index (κ3) is 8.31. The van der Waals surface area contributed by atoms with Crippen LogP contribution < -0.4 is 5.48 Å². The first-order valence-electron chi connectivity index (χ1n) is 6.58. The molecule has 0 rings (SSSR count). The van der Waals surface area contributed by atoms with Gasteiger partial charge in [0.1, 0.15) is 5.78 Å². The lowest BCUT2D eigenvalue weighted by atomic mass is 9.91. The number of carbonyl (C=O) groups excluding carboxylic acids is 2. The van der Waals surface area contributed by atoms with E-state index in [2.05, 4.69) is 10.6 Å². The van der Waals surface area contributed by atoms with Crippen LogP contribution in [0, 0.1) is 11.8 Å². The van der Waals surface area contributed by atoms with Crippen molar-refractivity contribution in [1.82, 2.24) is 5.48 Å². The number of hydrogen-bond donors (Lipinski definition) is 1. The molecule has 0 aromatic rings. The molecule has 0 aromatic carbocycles. The van der Waals surface area contributed by atoms with Gasteiger partial charge in [-0.2, -0.15) is 0 Å². The van der Waals surface area contributed by atoms with E-state index in [1.165, 1.54) is 6.92 Å². The zero-order valence-electron chi connectivity index (χ0n) is 12.1. The zero-order chi connectivity index (χ0) is 14.7. The molecule has 0 bridgehead atoms. The van der Waals surface area contributed by atoms with Crippen LogP contribution in [0.15, 0.2) is 5.16 Å². The Morgan fingerprint density at radius 2 is 2.05 bits per heavy atom. The van der Waals surface area contributed by atoms with Crippen LogP contribution in [0.5, 0.6) is 0 Å². The number of amides is 1. The second-order valence-electron chi connectivity index (χ2n) is 4.41. The van der Waals surface area contributed by atoms with Crippen LogP contribution in [0.2, 0.25) is 0 Å². The molecule has 2 atom stereocenters. The Morgan fingerprint density at radius 1 is 1.37 bits per heavy atom. The van der Waals surface area contributed by atoms with Gasteiger partial charge in [0.05, 0.1) is 0 Å². The van der Waals surface area contributed by atoms with Gasteiger partial charge in [0.25, 0.3) is 0 Å². The van der Waals surface area contributed by atoms with Crippen LogP contribution in [-0.2, 0) is 19.3 Å². The first-order valence-corrected chi connectivity index (χ1v) is 6.58. The fourth-order valence-corrected chi connectivity index (χ4v) is 1.42. The lowest BCUT2D eigenvalue weighted by Gasteiger charge is -2.17. The van der Waals surface area contributed by atoms with Gasteiger partial charge in [-0.25, -0.2) is 10.3 Å². The number of ketones is 1. The van der Waals surface area contributed by atoms with Crippen molar-refractivity contribution in [2.45, 2.75) is 47.0 Å². The van der Waals surface area contributed by atoms with Crippen LogP contribution in [-0.4, -0.2) is 24.7 Å². The molecule has 0 aliphatic heterocycles. The van der Waals surface area contributed by atoms with Crippen molar-refractivity contribution in [2.75, 3.05) is 6.79 Å². The molecule has 0 radical (unpaired) electrons. The molecular formula is C13H24N2O4. The van der Waals surface area contributed by atoms with Gasteiger partial charge in [0.2, 0.25) is 12.7 Å². The number of carbonyl (C=O) groups is 2. The predicted molar refractivity (Wildman–Crippen MR) is 72.2 cm³/mol. The number of nitrogens with zero attached hydrogens (tertiary/aromatic N) is 1. The van der Waals surface area contributed by atoms with E-state index >= 15 is 0 Å². The third-order valence-electron chi connectivity index (χ3n) is 2.81. The van der Waals surface area contributed by atoms with Crippen molar-refractivity contribution in [3.8, 4) is 0 Å². The van der Waals surface area contributed by atoms with E-state index in [0.717, 1.165) is 6.42 Å². The van der Waals surface area contributed by atoms with Gasteiger partial charge in [0, 0.05) is 18.1 Å². The van der Waals surface area contributed by atoms with E-state index < -0.39 is 0 Å². The molecule has 2 unspecified atom stereocenters. The van der Waals surface area contributed by atoms with E-state index in [-0.39, 0.29) is 30.3 Å². The largest absolute Gasteiger partial charge is 0.365 e. The molecule has 0 aliphatic carbocycles. The molecule has 0 fully saturated rings. The van der Waals surface area contributed by atoms with Gasteiger partial charge >= 0.3 is 0 Å². The number of oxime groups is 1. The second-order valence-corrected chi connectivity index (χ2v) is 4.41. The summed E-state index contributed by atoms with van der Waals surface area (Å²) in [5.41, 5.74) is 2.31. The molecule has 0 saturated heterocycles. The summed E-state index contributed by atoms with van der Waals surface area (Å²) in [5.74, 6) is -0.512. The Bertz CT molecular complexity index is 305. The molecule has 0 spiro atoms. The predicted octanol–water partition coefficient (Wildman–Crippen LogP) is 2.05. The Balaban J connectivity index is 3.95. The van der Waals surface area contributed by atoms with E-state index in [4.69, 9.17) is 9.68 Å². The third-order valence-corrected chi connectivity index (χ3v) is 2.81. The normalized spacial score (nSPS) is 14.1. The molecule has 6 heteroatoms. The van der Waals surface area contributed by atoms with Gasteiger partial charge in [0.15, 0.2) is 0 Å². The maximum Gasteiger partial charge on any atom is 0.246 e. The van der Waals surface area contributed by atoms with Crippen molar-refractivity contribution in [3.63, 3.8) is 0 Å². The fraction of sp³-hybridized carbons (Fsp3) is 0.769. The van der Waals surface area contributed by atoms with E-state index in [1.54, 1.807) is 6.21 Å². The number of hydrogen-bond acceptors (Lipinski definition) is 5. The summed E-state index contributed by atoms with van der Waals surface area (Å²) in [6, 6.07) is 0. The van der Waals surface area contributed by atoms with Crippen LogP contribution in [0.1, 0.15) is 47.0 Å². The minimum Gasteiger partial charge on any atom is -0.365 e. The highest BCUT2D eigenvalue weighted by molar-refractivity contribution is 5.81. The van der Waals surface area contributed by atoms with Gasteiger partial charge in [-0.3, -0.25) is 9.59 Å². The van der Waals surface area contributed by atoms with Crippen LogP contribution in [0.3, 0.4) is 0 Å². The topological polar surface area (TPSA) is 77.0 Å². The van der Waals surface area contributed by atoms with E-state index in [9.17, 15) is 9.59 Å². The minimum absolute atomic E-state index is 0.0874. The molecule has 1 N–H and O–H groups in total. The number of nitrogens with one attached hydrogen (secondary N) is 1. The molecule has 0 heterocycles. The van der Waals surface area contributed by atoms with Gasteiger partial charge in [-0.05, 0) is 26.2 Å². The number of Topliss-reactive ketones (excluding diaryl/α,β-unsaturated/α-hetero) is 1. The quantitative estimate of drug-likeness (QED) is 0.286. The Labute approximate surface area is 114 Å². The molecule has 0 saturated carbocycles. The summed E-state index contributed by atoms with van der Waals surface area (Å²) >= 11 is 0. The maximum atomic E-state index is 11.8. The maximum absolute atomic E-state index is 11.8. The molecule has 1 amide bonds. The Morgan fingerprint density at radius 3 is 2.58 bits per heavy atom. The highest BCUT2D eigenvalue weighted by Crippen LogP contribution is 2.16. The standard InChI is InChI=1S/C13H24N2O4/c1-5-7-14-18-9-19-15-13(17)12(6-2)8-10(3)11(4)16/h7,10,12H,5-6,8-9H2,1-4H3,(H,15,17)/b14-7+.